The van der Waals surface area contributed by atoms with Crippen LogP contribution in [0, 0.1) is 11.3 Å². The lowest BCUT2D eigenvalue weighted by atomic mass is 9.85. The lowest BCUT2D eigenvalue weighted by Crippen LogP contribution is -2.40. The molecule has 0 saturated carbocycles. The van der Waals surface area contributed by atoms with Gasteiger partial charge in [-0.05, 0) is 24.4 Å². The third kappa shape index (κ3) is 6.92. The van der Waals surface area contributed by atoms with Crippen LogP contribution in [0.1, 0.15) is 26.3 Å². The van der Waals surface area contributed by atoms with Gasteiger partial charge in [-0.2, -0.15) is 0 Å². The first-order chi connectivity index (χ1) is 8.94. The second-order valence-electron chi connectivity index (χ2n) is 6.00. The van der Waals surface area contributed by atoms with Crippen molar-refractivity contribution < 1.29 is 4.79 Å². The molecule has 1 amide bonds. The highest BCUT2D eigenvalue weighted by Gasteiger charge is 2.21. The van der Waals surface area contributed by atoms with Gasteiger partial charge in [-0.1, -0.05) is 51.1 Å². The fourth-order valence-corrected chi connectivity index (χ4v) is 2.11. The van der Waals surface area contributed by atoms with Crippen molar-refractivity contribution in [2.24, 2.45) is 11.3 Å². The van der Waals surface area contributed by atoms with Crippen molar-refractivity contribution in [1.29, 1.82) is 0 Å². The van der Waals surface area contributed by atoms with Crippen molar-refractivity contribution >= 4 is 18.3 Å². The summed E-state index contributed by atoms with van der Waals surface area (Å²) < 4.78 is 0. The Morgan fingerprint density at radius 3 is 2.40 bits per heavy atom. The average Bonchev–Trinajstić information content (AvgIpc) is 2.37. The topological polar surface area (TPSA) is 41.1 Å². The van der Waals surface area contributed by atoms with E-state index in [1.165, 1.54) is 5.56 Å². The number of nitrogens with one attached hydrogen (secondary N) is 2. The summed E-state index contributed by atoms with van der Waals surface area (Å²) in [6, 6.07) is 10.4. The lowest BCUT2D eigenvalue weighted by molar-refractivity contribution is -0.124. The summed E-state index contributed by atoms with van der Waals surface area (Å²) in [5.74, 6) is 0.132. The third-order valence-corrected chi connectivity index (χ3v) is 3.22. The molecule has 0 saturated heterocycles. The minimum absolute atomic E-state index is 0. The van der Waals surface area contributed by atoms with E-state index >= 15 is 0 Å². The number of hydrogen-bond donors (Lipinski definition) is 2. The van der Waals surface area contributed by atoms with Crippen LogP contribution in [-0.4, -0.2) is 26.0 Å². The van der Waals surface area contributed by atoms with Gasteiger partial charge in [0.05, 0.1) is 0 Å². The molecule has 0 fully saturated rings. The normalized spacial score (nSPS) is 12.4. The quantitative estimate of drug-likeness (QED) is 0.812. The summed E-state index contributed by atoms with van der Waals surface area (Å²) in [5.41, 5.74) is 1.38. The minimum atomic E-state index is 0. The molecule has 1 unspecified atom stereocenters. The van der Waals surface area contributed by atoms with Crippen LogP contribution in [0.15, 0.2) is 30.3 Å². The Balaban J connectivity index is 0.00000361. The molecule has 0 spiro atoms. The Hall–Kier alpha value is -1.06. The van der Waals surface area contributed by atoms with Crippen molar-refractivity contribution in [3.63, 3.8) is 0 Å². The molecule has 0 heterocycles. The second kappa shape index (κ2) is 8.98. The van der Waals surface area contributed by atoms with Gasteiger partial charge in [0.25, 0.3) is 0 Å². The smallest absolute Gasteiger partial charge is 0.224 e. The summed E-state index contributed by atoms with van der Waals surface area (Å²) >= 11 is 0. The molecule has 0 radical (unpaired) electrons. The maximum Gasteiger partial charge on any atom is 0.224 e. The maximum absolute atomic E-state index is 11.9. The Morgan fingerprint density at radius 1 is 1.25 bits per heavy atom. The van der Waals surface area contributed by atoms with Gasteiger partial charge >= 0.3 is 0 Å². The van der Waals surface area contributed by atoms with Gasteiger partial charge in [0.2, 0.25) is 5.91 Å². The van der Waals surface area contributed by atoms with Gasteiger partial charge < -0.3 is 10.6 Å². The van der Waals surface area contributed by atoms with Crippen molar-refractivity contribution in [1.82, 2.24) is 10.6 Å². The van der Waals surface area contributed by atoms with Crippen LogP contribution >= 0.6 is 12.4 Å². The Labute approximate surface area is 128 Å². The maximum atomic E-state index is 11.9. The molecule has 0 aliphatic heterocycles. The zero-order valence-corrected chi connectivity index (χ0v) is 13.7. The molecule has 20 heavy (non-hydrogen) atoms. The molecule has 2 N–H and O–H groups in total. The third-order valence-electron chi connectivity index (χ3n) is 3.22. The Morgan fingerprint density at radius 2 is 1.85 bits per heavy atom. The van der Waals surface area contributed by atoms with Crippen LogP contribution in [0.3, 0.4) is 0 Å². The van der Waals surface area contributed by atoms with Crippen molar-refractivity contribution in [2.45, 2.75) is 27.2 Å². The average molecular weight is 299 g/mol. The van der Waals surface area contributed by atoms with E-state index in [4.69, 9.17) is 0 Å². The number of hydrogen-bond acceptors (Lipinski definition) is 2. The highest BCUT2D eigenvalue weighted by molar-refractivity contribution is 5.85. The van der Waals surface area contributed by atoms with Gasteiger partial charge in [0.1, 0.15) is 0 Å². The van der Waals surface area contributed by atoms with Crippen LogP contribution in [-0.2, 0) is 11.2 Å². The number of amides is 1. The predicted octanol–water partition coefficient (Wildman–Crippen LogP) is 2.65. The van der Waals surface area contributed by atoms with Crippen LogP contribution in [0.4, 0.5) is 0 Å². The van der Waals surface area contributed by atoms with Gasteiger partial charge in [-0.25, -0.2) is 0 Å². The highest BCUT2D eigenvalue weighted by Crippen LogP contribution is 2.20. The molecular weight excluding hydrogens is 272 g/mol. The zero-order valence-electron chi connectivity index (χ0n) is 12.9. The first-order valence-electron chi connectivity index (χ1n) is 6.91. The Bertz CT molecular complexity index is 393. The van der Waals surface area contributed by atoms with Crippen molar-refractivity contribution in [3.8, 4) is 0 Å². The van der Waals surface area contributed by atoms with Gasteiger partial charge in [0, 0.05) is 19.0 Å². The van der Waals surface area contributed by atoms with Gasteiger partial charge in [0.15, 0.2) is 0 Å². The number of carbonyl (C=O) groups excluding carboxylic acids is 1. The molecule has 1 aromatic carbocycles. The molecule has 3 nitrogen and oxygen atoms in total. The molecule has 0 aromatic heterocycles. The summed E-state index contributed by atoms with van der Waals surface area (Å²) in [5, 5.41) is 6.07. The van der Waals surface area contributed by atoms with E-state index in [2.05, 4.69) is 48.7 Å². The van der Waals surface area contributed by atoms with Crippen LogP contribution in [0.5, 0.6) is 0 Å². The monoisotopic (exact) mass is 298 g/mol. The van der Waals surface area contributed by atoms with Crippen molar-refractivity contribution in [2.75, 3.05) is 20.1 Å². The SMILES string of the molecule is CNCC(C)C(=O)NCC(C)(C)Cc1ccccc1.Cl. The number of rotatable bonds is 7. The molecule has 0 aliphatic rings. The fraction of sp³-hybridized carbons (Fsp3) is 0.562. The van der Waals surface area contributed by atoms with Crippen LogP contribution in [0.25, 0.3) is 0 Å². The molecule has 4 heteroatoms. The van der Waals surface area contributed by atoms with E-state index in [0.29, 0.717) is 13.1 Å². The lowest BCUT2D eigenvalue weighted by Gasteiger charge is -2.26. The summed E-state index contributed by atoms with van der Waals surface area (Å²) in [6.07, 6.45) is 0.967. The fourth-order valence-electron chi connectivity index (χ4n) is 2.11. The van der Waals surface area contributed by atoms with E-state index in [1.54, 1.807) is 0 Å². The standard InChI is InChI=1S/C16H26N2O.ClH/c1-13(11-17-4)15(19)18-12-16(2,3)10-14-8-6-5-7-9-14;/h5-9,13,17H,10-12H2,1-4H3,(H,18,19);1H. The molecule has 1 atom stereocenters. The second-order valence-corrected chi connectivity index (χ2v) is 6.00. The predicted molar refractivity (Wildman–Crippen MR) is 87.3 cm³/mol. The van der Waals surface area contributed by atoms with Crippen LogP contribution in [0.2, 0.25) is 0 Å². The van der Waals surface area contributed by atoms with E-state index in [1.807, 2.05) is 20.0 Å². The highest BCUT2D eigenvalue weighted by atomic mass is 35.5. The number of halogens is 1. The van der Waals surface area contributed by atoms with E-state index in [9.17, 15) is 4.79 Å². The first-order valence-corrected chi connectivity index (χ1v) is 6.91. The first kappa shape index (κ1) is 18.9. The summed E-state index contributed by atoms with van der Waals surface area (Å²) in [7, 11) is 1.86. The summed E-state index contributed by atoms with van der Waals surface area (Å²) in [6.45, 7) is 7.72. The van der Waals surface area contributed by atoms with Gasteiger partial charge in [-0.15, -0.1) is 12.4 Å². The minimum Gasteiger partial charge on any atom is -0.355 e. The van der Waals surface area contributed by atoms with Crippen LogP contribution < -0.4 is 10.6 Å². The summed E-state index contributed by atoms with van der Waals surface area (Å²) in [4.78, 5) is 11.9. The zero-order chi connectivity index (χ0) is 14.3. The molecule has 0 bridgehead atoms. The van der Waals surface area contributed by atoms with E-state index in [0.717, 1.165) is 6.42 Å². The number of benzene rings is 1. The molecular formula is C16H27ClN2O. The largest absolute Gasteiger partial charge is 0.355 e. The van der Waals surface area contributed by atoms with E-state index in [-0.39, 0.29) is 29.6 Å². The molecule has 0 aliphatic carbocycles. The Kier molecular flexibility index (Phi) is 8.51. The van der Waals surface area contributed by atoms with Gasteiger partial charge in [-0.3, -0.25) is 4.79 Å². The number of carbonyl (C=O) groups is 1. The molecule has 1 rings (SSSR count). The molecule has 1 aromatic rings. The van der Waals surface area contributed by atoms with E-state index < -0.39 is 0 Å². The van der Waals surface area contributed by atoms with Crippen molar-refractivity contribution in [3.05, 3.63) is 35.9 Å². The molecule has 114 valence electrons.